The van der Waals surface area contributed by atoms with Crippen molar-refractivity contribution in [2.45, 2.75) is 51.5 Å². The van der Waals surface area contributed by atoms with Crippen LogP contribution in [0, 0.1) is 11.8 Å². The van der Waals surface area contributed by atoms with Gasteiger partial charge in [0.15, 0.2) is 0 Å². The molecule has 0 aromatic heterocycles. The van der Waals surface area contributed by atoms with Crippen LogP contribution in [-0.2, 0) is 16.1 Å². The molecule has 7 nitrogen and oxygen atoms in total. The van der Waals surface area contributed by atoms with Gasteiger partial charge in [-0.15, -0.1) is 0 Å². The molecule has 2 heterocycles. The first-order valence-corrected chi connectivity index (χ1v) is 11.3. The number of rotatable bonds is 5. The van der Waals surface area contributed by atoms with Gasteiger partial charge in [-0.2, -0.15) is 0 Å². The molecule has 2 aliphatic heterocycles. The van der Waals surface area contributed by atoms with E-state index in [1.807, 2.05) is 34.1 Å². The molecule has 1 unspecified atom stereocenters. The second kappa shape index (κ2) is 9.49. The zero-order valence-electron chi connectivity index (χ0n) is 17.6. The van der Waals surface area contributed by atoms with Crippen LogP contribution in [0.1, 0.15) is 50.5 Å². The Morgan fingerprint density at radius 1 is 0.867 bits per heavy atom. The van der Waals surface area contributed by atoms with Crippen LogP contribution in [0.3, 0.4) is 0 Å². The van der Waals surface area contributed by atoms with E-state index in [-0.39, 0.29) is 29.7 Å². The third-order valence-corrected chi connectivity index (χ3v) is 6.58. The molecule has 30 heavy (non-hydrogen) atoms. The minimum Gasteiger partial charge on any atom is -0.352 e. The lowest BCUT2D eigenvalue weighted by Crippen LogP contribution is -2.49. The maximum Gasteiger partial charge on any atom is 0.320 e. The number of likely N-dealkylation sites (tertiary alicyclic amines) is 2. The largest absolute Gasteiger partial charge is 0.352 e. The summed E-state index contributed by atoms with van der Waals surface area (Å²) in [4.78, 5) is 41.3. The summed E-state index contributed by atoms with van der Waals surface area (Å²) in [6.45, 7) is 3.32. The molecular formula is C23H32N4O3. The van der Waals surface area contributed by atoms with Crippen LogP contribution in [0.4, 0.5) is 10.5 Å². The Morgan fingerprint density at radius 3 is 2.33 bits per heavy atom. The van der Waals surface area contributed by atoms with Crippen molar-refractivity contribution < 1.29 is 14.4 Å². The lowest BCUT2D eigenvalue weighted by atomic mass is 9.85. The van der Waals surface area contributed by atoms with E-state index in [0.717, 1.165) is 75.8 Å². The molecule has 0 spiro atoms. The first kappa shape index (κ1) is 20.7. The molecule has 1 aromatic carbocycles. The van der Waals surface area contributed by atoms with Crippen LogP contribution in [0.15, 0.2) is 24.3 Å². The zero-order valence-corrected chi connectivity index (χ0v) is 17.6. The highest BCUT2D eigenvalue weighted by Crippen LogP contribution is 2.27. The predicted octanol–water partition coefficient (Wildman–Crippen LogP) is 2.97. The van der Waals surface area contributed by atoms with Crippen molar-refractivity contribution in [2.24, 2.45) is 11.8 Å². The fourth-order valence-corrected chi connectivity index (χ4v) is 4.48. The number of hydrogen-bond acceptors (Lipinski definition) is 3. The molecule has 0 bridgehead atoms. The lowest BCUT2D eigenvalue weighted by molar-refractivity contribution is -0.126. The molecule has 3 fully saturated rings. The van der Waals surface area contributed by atoms with Gasteiger partial charge in [-0.1, -0.05) is 18.6 Å². The summed E-state index contributed by atoms with van der Waals surface area (Å²) in [5.41, 5.74) is 1.73. The lowest BCUT2D eigenvalue weighted by Gasteiger charge is -2.34. The van der Waals surface area contributed by atoms with Gasteiger partial charge in [0.25, 0.3) is 0 Å². The Bertz CT molecular complexity index is 786. The SMILES string of the molecule is O=C(NCc1cccc(NC(=O)C2CCC2)c1)C1CCCN(C(=O)N2CCCC2)C1. The van der Waals surface area contributed by atoms with E-state index in [2.05, 4.69) is 10.6 Å². The van der Waals surface area contributed by atoms with Gasteiger partial charge in [-0.05, 0) is 56.2 Å². The van der Waals surface area contributed by atoms with Crippen molar-refractivity contribution in [3.8, 4) is 0 Å². The minimum atomic E-state index is -0.160. The Morgan fingerprint density at radius 2 is 1.60 bits per heavy atom. The van der Waals surface area contributed by atoms with Gasteiger partial charge < -0.3 is 20.4 Å². The van der Waals surface area contributed by atoms with E-state index in [9.17, 15) is 14.4 Å². The summed E-state index contributed by atoms with van der Waals surface area (Å²) >= 11 is 0. The van der Waals surface area contributed by atoms with Gasteiger partial charge in [0.2, 0.25) is 11.8 Å². The molecule has 1 aromatic rings. The van der Waals surface area contributed by atoms with Gasteiger partial charge in [0.1, 0.15) is 0 Å². The molecule has 0 radical (unpaired) electrons. The monoisotopic (exact) mass is 412 g/mol. The summed E-state index contributed by atoms with van der Waals surface area (Å²) in [5, 5.41) is 6.00. The number of carbonyl (C=O) groups is 3. The molecule has 1 saturated carbocycles. The fraction of sp³-hybridized carbons (Fsp3) is 0.609. The number of amides is 4. The Balaban J connectivity index is 1.27. The Hall–Kier alpha value is -2.57. The van der Waals surface area contributed by atoms with Crippen LogP contribution >= 0.6 is 0 Å². The summed E-state index contributed by atoms with van der Waals surface area (Å²) in [5.74, 6) is 0.0721. The number of benzene rings is 1. The second-order valence-electron chi connectivity index (χ2n) is 8.80. The van der Waals surface area contributed by atoms with Crippen LogP contribution in [0.25, 0.3) is 0 Å². The molecular weight excluding hydrogens is 380 g/mol. The van der Waals surface area contributed by atoms with E-state index in [1.165, 1.54) is 0 Å². The van der Waals surface area contributed by atoms with Gasteiger partial charge in [0, 0.05) is 44.3 Å². The number of anilines is 1. The normalized spacial score (nSPS) is 21.8. The van der Waals surface area contributed by atoms with E-state index >= 15 is 0 Å². The number of carbonyl (C=O) groups excluding carboxylic acids is 3. The maximum atomic E-state index is 12.7. The van der Waals surface area contributed by atoms with Crippen molar-refractivity contribution in [3.05, 3.63) is 29.8 Å². The molecule has 1 atom stereocenters. The molecule has 4 rings (SSSR count). The van der Waals surface area contributed by atoms with Gasteiger partial charge in [-0.3, -0.25) is 9.59 Å². The van der Waals surface area contributed by atoms with Gasteiger partial charge >= 0.3 is 6.03 Å². The van der Waals surface area contributed by atoms with Crippen LogP contribution in [-0.4, -0.2) is 53.8 Å². The number of piperidine rings is 1. The number of urea groups is 1. The van der Waals surface area contributed by atoms with Crippen molar-refractivity contribution in [2.75, 3.05) is 31.5 Å². The topological polar surface area (TPSA) is 81.8 Å². The highest BCUT2D eigenvalue weighted by atomic mass is 16.2. The average Bonchev–Trinajstić information content (AvgIpc) is 3.25. The predicted molar refractivity (Wildman–Crippen MR) is 115 cm³/mol. The molecule has 4 amide bonds. The fourth-order valence-electron chi connectivity index (χ4n) is 4.48. The Labute approximate surface area is 178 Å². The summed E-state index contributed by atoms with van der Waals surface area (Å²) in [7, 11) is 0. The number of nitrogens with one attached hydrogen (secondary N) is 2. The van der Waals surface area contributed by atoms with Crippen LogP contribution in [0.2, 0.25) is 0 Å². The van der Waals surface area contributed by atoms with Crippen LogP contribution < -0.4 is 10.6 Å². The first-order chi connectivity index (χ1) is 14.6. The van der Waals surface area contributed by atoms with E-state index < -0.39 is 0 Å². The highest BCUT2D eigenvalue weighted by Gasteiger charge is 2.31. The molecule has 1 aliphatic carbocycles. The quantitative estimate of drug-likeness (QED) is 0.780. The van der Waals surface area contributed by atoms with E-state index in [1.54, 1.807) is 0 Å². The highest BCUT2D eigenvalue weighted by molar-refractivity contribution is 5.93. The first-order valence-electron chi connectivity index (χ1n) is 11.3. The zero-order chi connectivity index (χ0) is 20.9. The van der Waals surface area contributed by atoms with E-state index in [4.69, 9.17) is 0 Å². The van der Waals surface area contributed by atoms with Gasteiger partial charge in [0.05, 0.1) is 5.92 Å². The molecule has 7 heteroatoms. The van der Waals surface area contributed by atoms with Gasteiger partial charge in [-0.25, -0.2) is 4.79 Å². The van der Waals surface area contributed by atoms with Crippen molar-refractivity contribution >= 4 is 23.5 Å². The molecule has 162 valence electrons. The van der Waals surface area contributed by atoms with E-state index in [0.29, 0.717) is 13.1 Å². The molecule has 2 N–H and O–H groups in total. The van der Waals surface area contributed by atoms with Crippen LogP contribution in [0.5, 0.6) is 0 Å². The summed E-state index contributed by atoms with van der Waals surface area (Å²) in [6, 6.07) is 7.73. The molecule has 2 saturated heterocycles. The standard InChI is InChI=1S/C23H32N4O3/c28-21(19-9-5-13-27(16-19)23(30)26-11-1-2-12-26)24-15-17-6-3-10-20(14-17)25-22(29)18-7-4-8-18/h3,6,10,14,18-19H,1-2,4-5,7-9,11-13,15-16H2,(H,24,28)(H,25,29). The Kier molecular flexibility index (Phi) is 6.55. The maximum absolute atomic E-state index is 12.7. The number of nitrogens with zero attached hydrogens (tertiary/aromatic N) is 2. The van der Waals surface area contributed by atoms with Crippen molar-refractivity contribution in [1.82, 2.24) is 15.1 Å². The average molecular weight is 413 g/mol. The smallest absolute Gasteiger partial charge is 0.320 e. The third kappa shape index (κ3) is 4.94. The summed E-state index contributed by atoms with van der Waals surface area (Å²) in [6.07, 6.45) is 6.90. The van der Waals surface area contributed by atoms with Crippen molar-refractivity contribution in [3.63, 3.8) is 0 Å². The third-order valence-electron chi connectivity index (χ3n) is 6.58. The van der Waals surface area contributed by atoms with Crippen molar-refractivity contribution in [1.29, 1.82) is 0 Å². The second-order valence-corrected chi connectivity index (χ2v) is 8.80. The molecule has 3 aliphatic rings. The minimum absolute atomic E-state index is 0.00201. The summed E-state index contributed by atoms with van der Waals surface area (Å²) < 4.78 is 0. The number of hydrogen-bond donors (Lipinski definition) is 2.